The highest BCUT2D eigenvalue weighted by Crippen LogP contribution is 2.31. The lowest BCUT2D eigenvalue weighted by molar-refractivity contribution is 0.0534. The average Bonchev–Trinajstić information content (AvgIpc) is 3.28. The fourth-order valence-corrected chi connectivity index (χ4v) is 4.48. The number of likely N-dealkylation sites (tertiary alicyclic amines) is 1. The van der Waals surface area contributed by atoms with Gasteiger partial charge in [0.1, 0.15) is 5.52 Å². The van der Waals surface area contributed by atoms with Gasteiger partial charge in [0.15, 0.2) is 23.0 Å². The third-order valence-corrected chi connectivity index (χ3v) is 6.25. The Bertz CT molecular complexity index is 1290. The van der Waals surface area contributed by atoms with Crippen LogP contribution in [0.1, 0.15) is 30.1 Å². The molecule has 0 unspecified atom stereocenters. The molecule has 1 aliphatic heterocycles. The normalized spacial score (nSPS) is 18.3. The zero-order valence-electron chi connectivity index (χ0n) is 18.5. The van der Waals surface area contributed by atoms with Crippen LogP contribution in [-0.4, -0.2) is 44.9 Å². The van der Waals surface area contributed by atoms with Gasteiger partial charge in [0.25, 0.3) is 11.9 Å². The first-order valence-electron chi connectivity index (χ1n) is 11.2. The smallest absolute Gasteiger partial charge is 0.295 e. The minimum absolute atomic E-state index is 0.127. The number of oxazole rings is 1. The molecule has 0 saturated carbocycles. The van der Waals surface area contributed by atoms with E-state index in [0.29, 0.717) is 24.7 Å². The number of aromatic nitrogens is 3. The number of nitrogens with zero attached hydrogens (tertiary/aromatic N) is 4. The molecule has 174 valence electrons. The number of anilines is 1. The van der Waals surface area contributed by atoms with Gasteiger partial charge in [0.2, 0.25) is 0 Å². The predicted octanol–water partition coefficient (Wildman–Crippen LogP) is 4.92. The maximum absolute atomic E-state index is 15.0. The average molecular weight is 463 g/mol. The standard InChI is InChI=1S/C25H23F2N5O2/c1-15-6-4-13-32(19(15)14-30-25-31-18-7-2-3-8-20(18)34-25)24(33)21-16(9-10-17(26)22(21)27)23-28-11-5-12-29-23/h2-3,5,7-12,15,19H,4,6,13-14H2,1H3,(H,30,31)/t15-,19-/m1/s1. The number of fused-ring (bicyclic) bond motifs is 1. The summed E-state index contributed by atoms with van der Waals surface area (Å²) in [6.45, 7) is 2.82. The predicted molar refractivity (Wildman–Crippen MR) is 123 cm³/mol. The minimum atomic E-state index is -1.20. The van der Waals surface area contributed by atoms with E-state index >= 15 is 4.39 Å². The van der Waals surface area contributed by atoms with Crippen LogP contribution in [0.25, 0.3) is 22.5 Å². The second-order valence-electron chi connectivity index (χ2n) is 8.41. The topological polar surface area (TPSA) is 84.2 Å². The number of halogens is 2. The van der Waals surface area contributed by atoms with Gasteiger partial charge in [0, 0.05) is 31.0 Å². The van der Waals surface area contributed by atoms with Gasteiger partial charge in [-0.25, -0.2) is 18.7 Å². The molecule has 2 atom stereocenters. The van der Waals surface area contributed by atoms with Gasteiger partial charge < -0.3 is 14.6 Å². The molecular formula is C25H23F2N5O2. The zero-order valence-corrected chi connectivity index (χ0v) is 18.5. The van der Waals surface area contributed by atoms with Crippen molar-refractivity contribution in [3.63, 3.8) is 0 Å². The van der Waals surface area contributed by atoms with E-state index in [1.165, 1.54) is 18.5 Å². The second-order valence-corrected chi connectivity index (χ2v) is 8.41. The fraction of sp³-hybridized carbons (Fsp3) is 0.280. The molecule has 2 aromatic carbocycles. The van der Waals surface area contributed by atoms with Crippen LogP contribution in [0.3, 0.4) is 0 Å². The highest BCUT2D eigenvalue weighted by molar-refractivity contribution is 6.00. The van der Waals surface area contributed by atoms with Crippen LogP contribution in [0.4, 0.5) is 14.8 Å². The molecule has 5 rings (SSSR count). The van der Waals surface area contributed by atoms with E-state index in [1.807, 2.05) is 31.2 Å². The number of hydrogen-bond donors (Lipinski definition) is 1. The third kappa shape index (κ3) is 4.09. The minimum Gasteiger partial charge on any atom is -0.424 e. The van der Waals surface area contributed by atoms with Crippen molar-refractivity contribution in [2.45, 2.75) is 25.8 Å². The van der Waals surface area contributed by atoms with Crippen molar-refractivity contribution in [2.24, 2.45) is 5.92 Å². The Morgan fingerprint density at radius 2 is 1.94 bits per heavy atom. The van der Waals surface area contributed by atoms with E-state index < -0.39 is 17.5 Å². The maximum atomic E-state index is 15.0. The van der Waals surface area contributed by atoms with Crippen molar-refractivity contribution in [2.75, 3.05) is 18.4 Å². The number of piperidine rings is 1. The number of para-hydroxylation sites is 2. The van der Waals surface area contributed by atoms with Crippen molar-refractivity contribution in [3.05, 3.63) is 72.1 Å². The Morgan fingerprint density at radius 1 is 1.15 bits per heavy atom. The summed E-state index contributed by atoms with van der Waals surface area (Å²) in [6, 6.07) is 11.4. The second kappa shape index (κ2) is 9.17. The monoisotopic (exact) mass is 463 g/mol. The first-order chi connectivity index (χ1) is 16.5. The summed E-state index contributed by atoms with van der Waals surface area (Å²) in [4.78, 5) is 28.0. The van der Waals surface area contributed by atoms with Gasteiger partial charge in [0.05, 0.1) is 11.6 Å². The molecule has 0 radical (unpaired) electrons. The molecule has 1 aliphatic rings. The van der Waals surface area contributed by atoms with E-state index in [2.05, 4.69) is 20.3 Å². The molecule has 9 heteroatoms. The summed E-state index contributed by atoms with van der Waals surface area (Å²) in [5.41, 5.74) is 1.19. The van der Waals surface area contributed by atoms with E-state index in [0.717, 1.165) is 24.4 Å². The van der Waals surface area contributed by atoms with E-state index in [1.54, 1.807) is 11.0 Å². The van der Waals surface area contributed by atoms with Crippen LogP contribution in [0, 0.1) is 17.6 Å². The first-order valence-corrected chi connectivity index (χ1v) is 11.2. The Morgan fingerprint density at radius 3 is 2.74 bits per heavy atom. The van der Waals surface area contributed by atoms with Crippen LogP contribution < -0.4 is 5.32 Å². The van der Waals surface area contributed by atoms with Crippen LogP contribution >= 0.6 is 0 Å². The number of carbonyl (C=O) groups is 1. The molecule has 34 heavy (non-hydrogen) atoms. The number of hydrogen-bond acceptors (Lipinski definition) is 6. The molecule has 7 nitrogen and oxygen atoms in total. The largest absolute Gasteiger partial charge is 0.424 e. The van der Waals surface area contributed by atoms with E-state index in [9.17, 15) is 9.18 Å². The van der Waals surface area contributed by atoms with Gasteiger partial charge in [-0.3, -0.25) is 4.79 Å². The molecule has 3 heterocycles. The van der Waals surface area contributed by atoms with Crippen molar-refractivity contribution < 1.29 is 18.0 Å². The fourth-order valence-electron chi connectivity index (χ4n) is 4.48. The van der Waals surface area contributed by atoms with Gasteiger partial charge in [-0.15, -0.1) is 0 Å². The van der Waals surface area contributed by atoms with Gasteiger partial charge in [-0.1, -0.05) is 19.1 Å². The SMILES string of the molecule is C[C@@H]1CCCN(C(=O)c2c(-c3ncccn3)ccc(F)c2F)[C@@H]1CNc1nc2ccccc2o1. The number of benzene rings is 2. The summed E-state index contributed by atoms with van der Waals surface area (Å²) in [6.07, 6.45) is 4.66. The number of carbonyl (C=O) groups excluding carboxylic acids is 1. The Balaban J connectivity index is 1.45. The van der Waals surface area contributed by atoms with Gasteiger partial charge >= 0.3 is 0 Å². The third-order valence-electron chi connectivity index (χ3n) is 6.25. The molecule has 1 amide bonds. The number of rotatable bonds is 5. The lowest BCUT2D eigenvalue weighted by Crippen LogP contribution is -2.51. The molecule has 1 fully saturated rings. The highest BCUT2D eigenvalue weighted by atomic mass is 19.2. The lowest BCUT2D eigenvalue weighted by atomic mass is 9.89. The first kappa shape index (κ1) is 21.9. The van der Waals surface area contributed by atoms with Crippen molar-refractivity contribution in [3.8, 4) is 11.4 Å². The Labute approximate surface area is 194 Å². The Hall–Kier alpha value is -3.88. The molecule has 0 spiro atoms. The van der Waals surface area contributed by atoms with Gasteiger partial charge in [-0.05, 0) is 49.1 Å². The molecule has 1 N–H and O–H groups in total. The summed E-state index contributed by atoms with van der Waals surface area (Å²) in [5.74, 6) is -2.58. The summed E-state index contributed by atoms with van der Waals surface area (Å²) >= 11 is 0. The Kier molecular flexibility index (Phi) is 5.91. The molecule has 1 saturated heterocycles. The maximum Gasteiger partial charge on any atom is 0.295 e. The van der Waals surface area contributed by atoms with Crippen molar-refractivity contribution >= 4 is 23.0 Å². The molecular weight excluding hydrogens is 440 g/mol. The van der Waals surface area contributed by atoms with E-state index in [4.69, 9.17) is 4.42 Å². The van der Waals surface area contributed by atoms with Crippen LogP contribution in [-0.2, 0) is 0 Å². The molecule has 2 aromatic heterocycles. The lowest BCUT2D eigenvalue weighted by Gasteiger charge is -2.40. The number of nitrogens with one attached hydrogen (secondary N) is 1. The van der Waals surface area contributed by atoms with Crippen LogP contribution in [0.5, 0.6) is 0 Å². The molecule has 0 bridgehead atoms. The molecule has 4 aromatic rings. The molecule has 0 aliphatic carbocycles. The van der Waals surface area contributed by atoms with Gasteiger partial charge in [-0.2, -0.15) is 4.98 Å². The summed E-state index contributed by atoms with van der Waals surface area (Å²) in [7, 11) is 0. The van der Waals surface area contributed by atoms with Crippen molar-refractivity contribution in [1.29, 1.82) is 0 Å². The summed E-state index contributed by atoms with van der Waals surface area (Å²) < 4.78 is 35.0. The van der Waals surface area contributed by atoms with Crippen molar-refractivity contribution in [1.82, 2.24) is 19.9 Å². The van der Waals surface area contributed by atoms with Crippen LogP contribution in [0.15, 0.2) is 59.3 Å². The quantitative estimate of drug-likeness (QED) is 0.453. The highest BCUT2D eigenvalue weighted by Gasteiger charge is 2.35. The number of amides is 1. The summed E-state index contributed by atoms with van der Waals surface area (Å²) in [5, 5.41) is 3.18. The van der Waals surface area contributed by atoms with Crippen LogP contribution in [0.2, 0.25) is 0 Å². The zero-order chi connectivity index (χ0) is 23.7. The van der Waals surface area contributed by atoms with E-state index in [-0.39, 0.29) is 28.9 Å².